The van der Waals surface area contributed by atoms with Gasteiger partial charge in [-0.05, 0) is 19.3 Å². The van der Waals surface area contributed by atoms with Gasteiger partial charge in [0.05, 0.1) is 37.3 Å². The van der Waals surface area contributed by atoms with Crippen molar-refractivity contribution in [3.63, 3.8) is 0 Å². The summed E-state index contributed by atoms with van der Waals surface area (Å²) in [5.41, 5.74) is 7.37. The fourth-order valence-corrected chi connectivity index (χ4v) is 3.22. The van der Waals surface area contributed by atoms with E-state index in [1.54, 1.807) is 13.3 Å². The summed E-state index contributed by atoms with van der Waals surface area (Å²) in [6, 6.07) is -0.0484. The minimum atomic E-state index is -0.0484. The van der Waals surface area contributed by atoms with E-state index >= 15 is 0 Å². The zero-order valence-corrected chi connectivity index (χ0v) is 10.3. The van der Waals surface area contributed by atoms with E-state index in [4.69, 9.17) is 15.2 Å². The van der Waals surface area contributed by atoms with Gasteiger partial charge in [0, 0.05) is 13.0 Å². The van der Waals surface area contributed by atoms with Crippen LogP contribution >= 0.6 is 0 Å². The SMILES string of the molecule is COc1cnn(C)c1C(N)C1CC2CCC1O2. The third kappa shape index (κ3) is 1.65. The smallest absolute Gasteiger partial charge is 0.161 e. The zero-order valence-electron chi connectivity index (χ0n) is 10.3. The van der Waals surface area contributed by atoms with Crippen molar-refractivity contribution in [2.45, 2.75) is 37.5 Å². The molecule has 2 fully saturated rings. The first-order valence-electron chi connectivity index (χ1n) is 6.17. The molecule has 3 heterocycles. The van der Waals surface area contributed by atoms with Gasteiger partial charge in [0.25, 0.3) is 0 Å². The van der Waals surface area contributed by atoms with Crippen molar-refractivity contribution in [2.75, 3.05) is 7.11 Å². The lowest BCUT2D eigenvalue weighted by Crippen LogP contribution is -2.31. The normalized spacial score (nSPS) is 33.0. The summed E-state index contributed by atoms with van der Waals surface area (Å²) in [4.78, 5) is 0. The Morgan fingerprint density at radius 2 is 2.41 bits per heavy atom. The minimum Gasteiger partial charge on any atom is -0.493 e. The molecule has 1 aromatic heterocycles. The van der Waals surface area contributed by atoms with Gasteiger partial charge in [-0.1, -0.05) is 0 Å². The number of methoxy groups -OCH3 is 1. The van der Waals surface area contributed by atoms with Crippen molar-refractivity contribution in [3.8, 4) is 5.75 Å². The highest BCUT2D eigenvalue weighted by Gasteiger charge is 2.44. The number of aryl methyl sites for hydroxylation is 1. The van der Waals surface area contributed by atoms with Gasteiger partial charge in [-0.3, -0.25) is 4.68 Å². The van der Waals surface area contributed by atoms with Gasteiger partial charge >= 0.3 is 0 Å². The Kier molecular flexibility index (Phi) is 2.60. The molecule has 4 unspecified atom stereocenters. The van der Waals surface area contributed by atoms with E-state index in [-0.39, 0.29) is 6.04 Å². The molecule has 0 aliphatic carbocycles. The Morgan fingerprint density at radius 1 is 1.59 bits per heavy atom. The first-order chi connectivity index (χ1) is 8.20. The Balaban J connectivity index is 1.86. The topological polar surface area (TPSA) is 62.3 Å². The third-order valence-corrected chi connectivity index (χ3v) is 4.10. The van der Waals surface area contributed by atoms with Crippen LogP contribution in [0.2, 0.25) is 0 Å². The summed E-state index contributed by atoms with van der Waals surface area (Å²) < 4.78 is 13.0. The first kappa shape index (κ1) is 11.0. The maximum atomic E-state index is 6.39. The van der Waals surface area contributed by atoms with E-state index in [9.17, 15) is 0 Å². The average molecular weight is 237 g/mol. The Bertz CT molecular complexity index is 418. The van der Waals surface area contributed by atoms with E-state index in [0.717, 1.165) is 24.3 Å². The summed E-state index contributed by atoms with van der Waals surface area (Å²) in [5.74, 6) is 1.18. The molecule has 5 nitrogen and oxygen atoms in total. The summed E-state index contributed by atoms with van der Waals surface area (Å²) in [5, 5.41) is 4.21. The van der Waals surface area contributed by atoms with Crippen LogP contribution in [-0.4, -0.2) is 29.1 Å². The lowest BCUT2D eigenvalue weighted by molar-refractivity contribution is 0.0878. The van der Waals surface area contributed by atoms with E-state index in [1.165, 1.54) is 6.42 Å². The molecule has 0 radical (unpaired) electrons. The fourth-order valence-electron chi connectivity index (χ4n) is 3.22. The van der Waals surface area contributed by atoms with Crippen molar-refractivity contribution in [3.05, 3.63) is 11.9 Å². The monoisotopic (exact) mass is 237 g/mol. The molecule has 3 rings (SSSR count). The maximum absolute atomic E-state index is 6.39. The minimum absolute atomic E-state index is 0.0484. The summed E-state index contributed by atoms with van der Waals surface area (Å²) in [6.07, 6.45) is 5.88. The second-order valence-corrected chi connectivity index (χ2v) is 5.02. The molecule has 0 saturated carbocycles. The van der Waals surface area contributed by atoms with Gasteiger partial charge in [0.1, 0.15) is 0 Å². The highest BCUT2D eigenvalue weighted by Crippen LogP contribution is 2.44. The molecular formula is C12H19N3O2. The number of ether oxygens (including phenoxy) is 2. The van der Waals surface area contributed by atoms with Crippen LogP contribution in [0.25, 0.3) is 0 Å². The third-order valence-electron chi connectivity index (χ3n) is 4.10. The van der Waals surface area contributed by atoms with Gasteiger partial charge in [-0.2, -0.15) is 5.10 Å². The average Bonchev–Trinajstić information content (AvgIpc) is 3.01. The zero-order chi connectivity index (χ0) is 12.0. The van der Waals surface area contributed by atoms with Crippen molar-refractivity contribution < 1.29 is 9.47 Å². The van der Waals surface area contributed by atoms with Crippen LogP contribution in [0.3, 0.4) is 0 Å². The van der Waals surface area contributed by atoms with Crippen molar-refractivity contribution >= 4 is 0 Å². The lowest BCUT2D eigenvalue weighted by atomic mass is 9.83. The number of nitrogens with two attached hydrogens (primary N) is 1. The van der Waals surface area contributed by atoms with Gasteiger partial charge in [-0.15, -0.1) is 0 Å². The summed E-state index contributed by atoms with van der Waals surface area (Å²) in [6.45, 7) is 0. The second-order valence-electron chi connectivity index (χ2n) is 5.02. The molecule has 4 atom stereocenters. The molecule has 94 valence electrons. The molecule has 2 saturated heterocycles. The number of nitrogens with zero attached hydrogens (tertiary/aromatic N) is 2. The number of hydrogen-bond acceptors (Lipinski definition) is 4. The number of aromatic nitrogens is 2. The number of rotatable bonds is 3. The molecule has 2 bridgehead atoms. The molecule has 2 aliphatic heterocycles. The molecule has 0 spiro atoms. The second kappa shape index (κ2) is 3.99. The standard InChI is InChI=1S/C12H19N3O2/c1-15-12(10(16-2)6-14-15)11(13)8-5-7-3-4-9(8)17-7/h6-9,11H,3-5,13H2,1-2H3. The van der Waals surface area contributed by atoms with Crippen LogP contribution < -0.4 is 10.5 Å². The Hall–Kier alpha value is -1.07. The van der Waals surface area contributed by atoms with Crippen LogP contribution in [0.15, 0.2) is 6.20 Å². The van der Waals surface area contributed by atoms with Gasteiger partial charge in [0.2, 0.25) is 0 Å². The maximum Gasteiger partial charge on any atom is 0.161 e. The fraction of sp³-hybridized carbons (Fsp3) is 0.750. The van der Waals surface area contributed by atoms with E-state index in [1.807, 2.05) is 11.7 Å². The van der Waals surface area contributed by atoms with Crippen LogP contribution in [0, 0.1) is 5.92 Å². The van der Waals surface area contributed by atoms with Crippen molar-refractivity contribution in [1.29, 1.82) is 0 Å². The molecule has 2 aliphatic rings. The quantitative estimate of drug-likeness (QED) is 0.851. The summed E-state index contributed by atoms with van der Waals surface area (Å²) in [7, 11) is 3.57. The molecular weight excluding hydrogens is 218 g/mol. The van der Waals surface area contributed by atoms with Crippen LogP contribution in [0.5, 0.6) is 5.75 Å². The van der Waals surface area contributed by atoms with E-state index in [0.29, 0.717) is 18.1 Å². The first-order valence-corrected chi connectivity index (χ1v) is 6.17. The number of hydrogen-bond donors (Lipinski definition) is 1. The molecule has 2 N–H and O–H groups in total. The predicted molar refractivity (Wildman–Crippen MR) is 62.7 cm³/mol. The van der Waals surface area contributed by atoms with Crippen LogP contribution in [-0.2, 0) is 11.8 Å². The molecule has 0 amide bonds. The molecule has 0 aromatic carbocycles. The van der Waals surface area contributed by atoms with Crippen LogP contribution in [0.1, 0.15) is 31.0 Å². The van der Waals surface area contributed by atoms with E-state index < -0.39 is 0 Å². The summed E-state index contributed by atoms with van der Waals surface area (Å²) >= 11 is 0. The largest absolute Gasteiger partial charge is 0.493 e. The predicted octanol–water partition coefficient (Wildman–Crippen LogP) is 0.996. The Labute approximate surface area is 101 Å². The van der Waals surface area contributed by atoms with Gasteiger partial charge < -0.3 is 15.2 Å². The van der Waals surface area contributed by atoms with Crippen molar-refractivity contribution in [2.24, 2.45) is 18.7 Å². The molecule has 5 heteroatoms. The van der Waals surface area contributed by atoms with Crippen LogP contribution in [0.4, 0.5) is 0 Å². The lowest BCUT2D eigenvalue weighted by Gasteiger charge is -2.25. The van der Waals surface area contributed by atoms with Gasteiger partial charge in [0.15, 0.2) is 5.75 Å². The van der Waals surface area contributed by atoms with Crippen molar-refractivity contribution in [1.82, 2.24) is 9.78 Å². The molecule has 1 aromatic rings. The Morgan fingerprint density at radius 3 is 3.00 bits per heavy atom. The van der Waals surface area contributed by atoms with Gasteiger partial charge in [-0.25, -0.2) is 0 Å². The van der Waals surface area contributed by atoms with E-state index in [2.05, 4.69) is 5.10 Å². The highest BCUT2D eigenvalue weighted by molar-refractivity contribution is 5.29. The molecule has 17 heavy (non-hydrogen) atoms. The number of fused-ring (bicyclic) bond motifs is 2. The highest BCUT2D eigenvalue weighted by atomic mass is 16.5.